The van der Waals surface area contributed by atoms with Gasteiger partial charge < -0.3 is 4.57 Å². The highest BCUT2D eigenvalue weighted by atomic mass is 16.2. The number of imide groups is 1. The Hall–Kier alpha value is -8.56. The third-order valence-corrected chi connectivity index (χ3v) is 10.3. The number of carbonyl (C=O) groups excluding carboxylic acids is 2. The molecule has 7 aromatic carbocycles. The first-order valence-electron chi connectivity index (χ1n) is 17.6. The summed E-state index contributed by atoms with van der Waals surface area (Å²) in [4.78, 5) is 30.4. The predicted octanol–water partition coefficient (Wildman–Crippen LogP) is 10.1. The fraction of sp³-hybridized carbons (Fsp3) is 0. The molecule has 8 heteroatoms. The van der Waals surface area contributed by atoms with Crippen molar-refractivity contribution in [2.24, 2.45) is 0 Å². The van der Waals surface area contributed by atoms with E-state index in [-0.39, 0.29) is 11.1 Å². The second-order valence-electron chi connectivity index (χ2n) is 13.3. The summed E-state index contributed by atoms with van der Waals surface area (Å²) in [6, 6.07) is 52.4. The summed E-state index contributed by atoms with van der Waals surface area (Å²) >= 11 is 0. The van der Waals surface area contributed by atoms with Crippen molar-refractivity contribution in [2.75, 3.05) is 4.90 Å². The van der Waals surface area contributed by atoms with E-state index in [0.29, 0.717) is 66.9 Å². The number of benzene rings is 7. The Morgan fingerprint density at radius 2 is 0.964 bits per heavy atom. The summed E-state index contributed by atoms with van der Waals surface area (Å²) in [5.41, 5.74) is 8.13. The molecule has 0 aliphatic carbocycles. The molecule has 258 valence electrons. The number of rotatable bonds is 5. The second-order valence-corrected chi connectivity index (χ2v) is 13.3. The molecule has 0 fully saturated rings. The highest BCUT2D eigenvalue weighted by Crippen LogP contribution is 2.45. The van der Waals surface area contributed by atoms with Gasteiger partial charge in [0.25, 0.3) is 11.8 Å². The molecule has 0 N–H and O–H groups in total. The zero-order valence-corrected chi connectivity index (χ0v) is 29.4. The number of nitrogens with zero attached hydrogens (tertiary/aromatic N) is 6. The van der Waals surface area contributed by atoms with E-state index in [1.165, 1.54) is 4.90 Å². The van der Waals surface area contributed by atoms with E-state index < -0.39 is 11.8 Å². The lowest BCUT2D eigenvalue weighted by Gasteiger charge is -2.18. The molecule has 0 radical (unpaired) electrons. The van der Waals surface area contributed by atoms with Gasteiger partial charge in [0.05, 0.1) is 80.1 Å². The van der Waals surface area contributed by atoms with Gasteiger partial charge in [0.2, 0.25) is 0 Å². The van der Waals surface area contributed by atoms with E-state index in [0.717, 1.165) is 21.9 Å². The van der Waals surface area contributed by atoms with Crippen LogP contribution in [0.4, 0.5) is 5.69 Å². The van der Waals surface area contributed by atoms with Gasteiger partial charge in [-0.15, -0.1) is 0 Å². The Kier molecular flexibility index (Phi) is 7.81. The van der Waals surface area contributed by atoms with Crippen LogP contribution >= 0.6 is 0 Å². The lowest BCUT2D eigenvalue weighted by atomic mass is 9.95. The van der Waals surface area contributed by atoms with Crippen LogP contribution in [-0.2, 0) is 0 Å². The molecule has 1 aliphatic rings. The van der Waals surface area contributed by atoms with Gasteiger partial charge in [0, 0.05) is 33.0 Å². The second kappa shape index (κ2) is 13.1. The smallest absolute Gasteiger partial charge is 0.268 e. The number of amides is 2. The van der Waals surface area contributed by atoms with E-state index in [2.05, 4.69) is 24.3 Å². The molecular weight excluding hydrogens is 693 g/mol. The van der Waals surface area contributed by atoms with Crippen molar-refractivity contribution in [1.29, 1.82) is 21.0 Å². The van der Waals surface area contributed by atoms with Crippen molar-refractivity contribution in [1.82, 2.24) is 4.57 Å². The molecule has 0 atom stereocenters. The lowest BCUT2D eigenvalue weighted by Crippen LogP contribution is -2.29. The lowest BCUT2D eigenvalue weighted by molar-refractivity contribution is 0.0926. The fourth-order valence-corrected chi connectivity index (χ4v) is 7.82. The normalized spacial score (nSPS) is 11.9. The molecule has 56 heavy (non-hydrogen) atoms. The van der Waals surface area contributed by atoms with Gasteiger partial charge in [-0.2, -0.15) is 21.0 Å². The zero-order chi connectivity index (χ0) is 38.5. The fourth-order valence-electron chi connectivity index (χ4n) is 7.82. The van der Waals surface area contributed by atoms with E-state index in [1.54, 1.807) is 60.7 Å². The first kappa shape index (κ1) is 33.3. The quantitative estimate of drug-likeness (QED) is 0.163. The molecule has 0 saturated carbocycles. The molecular formula is C48H24N6O2. The summed E-state index contributed by atoms with van der Waals surface area (Å²) in [6.07, 6.45) is 0. The molecule has 0 unspecified atom stereocenters. The minimum absolute atomic E-state index is 0.201. The van der Waals surface area contributed by atoms with Crippen molar-refractivity contribution in [3.63, 3.8) is 0 Å². The van der Waals surface area contributed by atoms with Crippen LogP contribution in [0.15, 0.2) is 146 Å². The van der Waals surface area contributed by atoms with Crippen LogP contribution in [0.1, 0.15) is 43.0 Å². The van der Waals surface area contributed by atoms with Crippen LogP contribution in [0.5, 0.6) is 0 Å². The highest BCUT2D eigenvalue weighted by molar-refractivity contribution is 6.36. The molecule has 1 aliphatic heterocycles. The third kappa shape index (κ3) is 5.04. The molecule has 8 aromatic rings. The number of anilines is 1. The van der Waals surface area contributed by atoms with Crippen LogP contribution in [0.3, 0.4) is 0 Å². The average Bonchev–Trinajstić information content (AvgIpc) is 3.74. The first-order valence-corrected chi connectivity index (χ1v) is 17.6. The summed E-state index contributed by atoms with van der Waals surface area (Å²) in [6.45, 7) is 0. The largest absolute Gasteiger partial charge is 0.307 e. The van der Waals surface area contributed by atoms with Gasteiger partial charge in [-0.05, 0) is 59.7 Å². The van der Waals surface area contributed by atoms with E-state index in [4.69, 9.17) is 0 Å². The van der Waals surface area contributed by atoms with Crippen molar-refractivity contribution in [3.05, 3.63) is 179 Å². The number of nitriles is 4. The molecule has 2 heterocycles. The van der Waals surface area contributed by atoms with Gasteiger partial charge in [-0.25, -0.2) is 4.90 Å². The maximum Gasteiger partial charge on any atom is 0.268 e. The summed E-state index contributed by atoms with van der Waals surface area (Å²) in [5.74, 6) is -0.959. The number of hydrogen-bond acceptors (Lipinski definition) is 6. The Balaban J connectivity index is 1.37. The monoisotopic (exact) mass is 716 g/mol. The Morgan fingerprint density at radius 3 is 1.54 bits per heavy atom. The Labute approximate surface area is 320 Å². The Bertz CT molecular complexity index is 3050. The number of para-hydroxylation sites is 2. The average molecular weight is 717 g/mol. The molecule has 2 amide bonds. The first-order chi connectivity index (χ1) is 27.4. The molecule has 1 aromatic heterocycles. The number of fused-ring (bicyclic) bond motifs is 4. The standard InChI is InChI=1S/C48H24N6O2/c49-25-29-18-20-36(33(22-29)27-51)38-12-5-14-40-41-15-6-13-39(37-21-19-30(26-50)23-34(37)28-52)46(41)54(45(38)40)43-17-7-16-42-44(43)48(56)53(47(42)55)35-11-4-10-32(24-35)31-8-2-1-3-9-31/h1-24H. The molecule has 8 nitrogen and oxygen atoms in total. The molecule has 0 bridgehead atoms. The Morgan fingerprint density at radius 1 is 0.429 bits per heavy atom. The maximum absolute atomic E-state index is 14.8. The topological polar surface area (TPSA) is 137 Å². The van der Waals surface area contributed by atoms with Crippen LogP contribution in [0.2, 0.25) is 0 Å². The summed E-state index contributed by atoms with van der Waals surface area (Å²) < 4.78 is 1.95. The van der Waals surface area contributed by atoms with Gasteiger partial charge in [-0.1, -0.05) is 97.1 Å². The van der Waals surface area contributed by atoms with E-state index in [1.807, 2.05) is 89.5 Å². The maximum atomic E-state index is 14.8. The van der Waals surface area contributed by atoms with Crippen LogP contribution in [0, 0.1) is 45.3 Å². The van der Waals surface area contributed by atoms with Gasteiger partial charge in [0.15, 0.2) is 0 Å². The van der Waals surface area contributed by atoms with Crippen LogP contribution in [-0.4, -0.2) is 16.4 Å². The minimum Gasteiger partial charge on any atom is -0.307 e. The summed E-state index contributed by atoms with van der Waals surface area (Å²) in [5, 5.41) is 41.5. The molecule has 0 saturated heterocycles. The highest BCUT2D eigenvalue weighted by Gasteiger charge is 2.40. The zero-order valence-electron chi connectivity index (χ0n) is 29.4. The van der Waals surface area contributed by atoms with E-state index in [9.17, 15) is 30.6 Å². The van der Waals surface area contributed by atoms with Crippen molar-refractivity contribution >= 4 is 39.3 Å². The van der Waals surface area contributed by atoms with Crippen molar-refractivity contribution in [3.8, 4) is 63.3 Å². The molecule has 9 rings (SSSR count). The SMILES string of the molecule is N#Cc1ccc(-c2cccc3c4cccc(-c5ccc(C#N)cc5C#N)c4n(-c4cccc5c4C(=O)N(c4cccc(-c6ccccc6)c4)C5=O)c23)c(C#N)c1. The number of carbonyl (C=O) groups is 2. The number of aromatic nitrogens is 1. The minimum atomic E-state index is -0.497. The van der Waals surface area contributed by atoms with Crippen molar-refractivity contribution in [2.45, 2.75) is 0 Å². The molecule has 0 spiro atoms. The van der Waals surface area contributed by atoms with E-state index >= 15 is 0 Å². The van der Waals surface area contributed by atoms with Gasteiger partial charge in [0.1, 0.15) is 0 Å². The van der Waals surface area contributed by atoms with Gasteiger partial charge in [-0.3, -0.25) is 9.59 Å². The number of hydrogen-bond donors (Lipinski definition) is 0. The van der Waals surface area contributed by atoms with Gasteiger partial charge >= 0.3 is 0 Å². The van der Waals surface area contributed by atoms with Crippen molar-refractivity contribution < 1.29 is 9.59 Å². The van der Waals surface area contributed by atoms with Crippen LogP contribution < -0.4 is 4.90 Å². The summed E-state index contributed by atoms with van der Waals surface area (Å²) in [7, 11) is 0. The van der Waals surface area contributed by atoms with Crippen LogP contribution in [0.25, 0.3) is 60.9 Å². The predicted molar refractivity (Wildman–Crippen MR) is 214 cm³/mol. The third-order valence-electron chi connectivity index (χ3n) is 10.3.